The number of nitrogens with zero attached hydrogens (tertiary/aromatic N) is 1. The van der Waals surface area contributed by atoms with Crippen LogP contribution in [0, 0.1) is 5.92 Å². The van der Waals surface area contributed by atoms with E-state index in [1.165, 1.54) is 30.0 Å². The molecule has 2 unspecified atom stereocenters. The van der Waals surface area contributed by atoms with E-state index in [2.05, 4.69) is 22.6 Å². The molecule has 90 valence electrons. The van der Waals surface area contributed by atoms with Crippen molar-refractivity contribution in [2.75, 3.05) is 6.54 Å². The smallest absolute Gasteiger partial charge is 0.0941 e. The van der Waals surface area contributed by atoms with E-state index in [1.54, 1.807) is 11.3 Å². The average Bonchev–Trinajstić information content (AvgIpc) is 2.85. The molecule has 16 heavy (non-hydrogen) atoms. The third-order valence-electron chi connectivity index (χ3n) is 3.08. The van der Waals surface area contributed by atoms with Gasteiger partial charge in [-0.3, -0.25) is 0 Å². The van der Waals surface area contributed by atoms with Crippen LogP contribution < -0.4 is 11.1 Å². The van der Waals surface area contributed by atoms with Crippen LogP contribution in [0.25, 0.3) is 0 Å². The van der Waals surface area contributed by atoms with Gasteiger partial charge in [0.05, 0.1) is 10.7 Å². The Bertz CT molecular complexity index is 324. The van der Waals surface area contributed by atoms with Gasteiger partial charge in [0.2, 0.25) is 0 Å². The Hall–Kier alpha value is -0.450. The van der Waals surface area contributed by atoms with Crippen LogP contribution in [-0.2, 0) is 13.0 Å². The number of hydrogen-bond donors (Lipinski definition) is 2. The molecule has 1 heterocycles. The molecular formula is C12H21N3S. The summed E-state index contributed by atoms with van der Waals surface area (Å²) in [6.45, 7) is 3.88. The highest BCUT2D eigenvalue weighted by Crippen LogP contribution is 2.34. The summed E-state index contributed by atoms with van der Waals surface area (Å²) in [5.41, 5.74) is 6.68. The fraction of sp³-hybridized carbons (Fsp3) is 0.750. The van der Waals surface area contributed by atoms with Crippen LogP contribution in [0.4, 0.5) is 0 Å². The zero-order valence-electron chi connectivity index (χ0n) is 9.91. The molecule has 0 saturated heterocycles. The molecule has 1 saturated carbocycles. The first-order valence-corrected chi connectivity index (χ1v) is 7.08. The van der Waals surface area contributed by atoms with E-state index in [0.29, 0.717) is 6.54 Å². The van der Waals surface area contributed by atoms with E-state index in [4.69, 9.17) is 5.73 Å². The first-order valence-electron chi connectivity index (χ1n) is 6.20. The van der Waals surface area contributed by atoms with Gasteiger partial charge in [-0.2, -0.15) is 0 Å². The SMILES string of the molecule is CCCC1CC1NCc1csc(CCN)n1. The largest absolute Gasteiger partial charge is 0.330 e. The molecule has 0 aliphatic heterocycles. The van der Waals surface area contributed by atoms with Crippen LogP contribution in [0.3, 0.4) is 0 Å². The van der Waals surface area contributed by atoms with Gasteiger partial charge < -0.3 is 11.1 Å². The summed E-state index contributed by atoms with van der Waals surface area (Å²) in [6.07, 6.45) is 4.94. The molecule has 1 aliphatic rings. The summed E-state index contributed by atoms with van der Waals surface area (Å²) >= 11 is 1.73. The minimum atomic E-state index is 0.696. The van der Waals surface area contributed by atoms with Gasteiger partial charge in [-0.25, -0.2) is 4.98 Å². The molecule has 1 aliphatic carbocycles. The number of thiazole rings is 1. The Labute approximate surface area is 101 Å². The van der Waals surface area contributed by atoms with Crippen LogP contribution in [-0.4, -0.2) is 17.6 Å². The second-order valence-corrected chi connectivity index (χ2v) is 5.49. The maximum Gasteiger partial charge on any atom is 0.0941 e. The molecule has 0 aromatic carbocycles. The molecule has 2 atom stereocenters. The van der Waals surface area contributed by atoms with Gasteiger partial charge in [-0.15, -0.1) is 11.3 Å². The minimum Gasteiger partial charge on any atom is -0.330 e. The first-order chi connectivity index (χ1) is 7.83. The van der Waals surface area contributed by atoms with Crippen molar-refractivity contribution in [3.05, 3.63) is 16.1 Å². The Morgan fingerprint density at radius 1 is 1.62 bits per heavy atom. The predicted molar refractivity (Wildman–Crippen MR) is 68.5 cm³/mol. The molecule has 0 spiro atoms. The number of aromatic nitrogens is 1. The van der Waals surface area contributed by atoms with Gasteiger partial charge >= 0.3 is 0 Å². The highest BCUT2D eigenvalue weighted by molar-refractivity contribution is 7.09. The molecule has 1 fully saturated rings. The van der Waals surface area contributed by atoms with E-state index < -0.39 is 0 Å². The predicted octanol–water partition coefficient (Wildman–Crippen LogP) is 1.92. The summed E-state index contributed by atoms with van der Waals surface area (Å²) in [6, 6.07) is 0.750. The van der Waals surface area contributed by atoms with E-state index in [-0.39, 0.29) is 0 Å². The lowest BCUT2D eigenvalue weighted by atomic mass is 10.2. The van der Waals surface area contributed by atoms with Gasteiger partial charge in [-0.1, -0.05) is 13.3 Å². The average molecular weight is 239 g/mol. The molecule has 0 radical (unpaired) electrons. The normalized spacial score (nSPS) is 23.6. The van der Waals surface area contributed by atoms with Crippen LogP contribution in [0.15, 0.2) is 5.38 Å². The number of hydrogen-bond acceptors (Lipinski definition) is 4. The van der Waals surface area contributed by atoms with Gasteiger partial charge in [0.1, 0.15) is 0 Å². The lowest BCUT2D eigenvalue weighted by molar-refractivity contribution is 0.594. The molecule has 3 N–H and O–H groups in total. The highest BCUT2D eigenvalue weighted by atomic mass is 32.1. The van der Waals surface area contributed by atoms with Crippen molar-refractivity contribution >= 4 is 11.3 Å². The van der Waals surface area contributed by atoms with Gasteiger partial charge in [0, 0.05) is 24.4 Å². The monoisotopic (exact) mass is 239 g/mol. The number of nitrogens with one attached hydrogen (secondary N) is 1. The lowest BCUT2D eigenvalue weighted by Crippen LogP contribution is -2.17. The fourth-order valence-corrected chi connectivity index (χ4v) is 2.91. The van der Waals surface area contributed by atoms with E-state index in [0.717, 1.165) is 24.9 Å². The lowest BCUT2D eigenvalue weighted by Gasteiger charge is -2.00. The first kappa shape index (κ1) is 12.0. The summed E-state index contributed by atoms with van der Waals surface area (Å²) in [5, 5.41) is 6.89. The Balaban J connectivity index is 1.69. The van der Waals surface area contributed by atoms with Crippen LogP contribution >= 0.6 is 11.3 Å². The molecule has 1 aromatic rings. The Kier molecular flexibility index (Phi) is 4.32. The van der Waals surface area contributed by atoms with Gasteiger partial charge in [0.25, 0.3) is 0 Å². The summed E-state index contributed by atoms with van der Waals surface area (Å²) in [7, 11) is 0. The van der Waals surface area contributed by atoms with E-state index in [9.17, 15) is 0 Å². The summed E-state index contributed by atoms with van der Waals surface area (Å²) in [4.78, 5) is 4.55. The molecule has 1 aromatic heterocycles. The van der Waals surface area contributed by atoms with Crippen molar-refractivity contribution in [1.82, 2.24) is 10.3 Å². The molecule has 0 bridgehead atoms. The number of nitrogens with two attached hydrogens (primary N) is 1. The van der Waals surface area contributed by atoms with Crippen molar-refractivity contribution in [2.45, 2.75) is 45.2 Å². The standard InChI is InChI=1S/C12H21N3S/c1-2-3-9-6-11(9)14-7-10-8-16-12(15-10)4-5-13/h8-9,11,14H,2-7,13H2,1H3. The van der Waals surface area contributed by atoms with Crippen molar-refractivity contribution in [1.29, 1.82) is 0 Å². The second-order valence-electron chi connectivity index (χ2n) is 4.54. The summed E-state index contributed by atoms with van der Waals surface area (Å²) in [5.74, 6) is 0.923. The molecule has 0 amide bonds. The van der Waals surface area contributed by atoms with Crippen LogP contribution in [0.2, 0.25) is 0 Å². The van der Waals surface area contributed by atoms with Crippen LogP contribution in [0.5, 0.6) is 0 Å². The molecule has 4 heteroatoms. The number of rotatable bonds is 7. The Morgan fingerprint density at radius 3 is 3.25 bits per heavy atom. The third kappa shape index (κ3) is 3.27. The second kappa shape index (κ2) is 5.75. The van der Waals surface area contributed by atoms with Crippen molar-refractivity contribution in [3.63, 3.8) is 0 Å². The highest BCUT2D eigenvalue weighted by Gasteiger charge is 2.35. The molecular weight excluding hydrogens is 218 g/mol. The van der Waals surface area contributed by atoms with E-state index in [1.807, 2.05) is 0 Å². The van der Waals surface area contributed by atoms with Crippen LogP contribution in [0.1, 0.15) is 36.9 Å². The topological polar surface area (TPSA) is 50.9 Å². The fourth-order valence-electron chi connectivity index (χ4n) is 2.09. The van der Waals surface area contributed by atoms with Crippen molar-refractivity contribution in [3.8, 4) is 0 Å². The van der Waals surface area contributed by atoms with Crippen molar-refractivity contribution < 1.29 is 0 Å². The third-order valence-corrected chi connectivity index (χ3v) is 4.04. The zero-order chi connectivity index (χ0) is 11.4. The summed E-state index contributed by atoms with van der Waals surface area (Å²) < 4.78 is 0. The quantitative estimate of drug-likeness (QED) is 0.764. The van der Waals surface area contributed by atoms with Gasteiger partial charge in [0.15, 0.2) is 0 Å². The molecule has 3 nitrogen and oxygen atoms in total. The van der Waals surface area contributed by atoms with E-state index >= 15 is 0 Å². The maximum atomic E-state index is 5.50. The van der Waals surface area contributed by atoms with Gasteiger partial charge in [-0.05, 0) is 25.3 Å². The molecule has 2 rings (SSSR count). The zero-order valence-corrected chi connectivity index (χ0v) is 10.7. The van der Waals surface area contributed by atoms with Crippen molar-refractivity contribution in [2.24, 2.45) is 11.7 Å². The maximum absolute atomic E-state index is 5.50. The minimum absolute atomic E-state index is 0.696. The Morgan fingerprint density at radius 2 is 2.50 bits per heavy atom.